The molecule has 3 nitrogen and oxygen atoms in total. The molecule has 0 N–H and O–H groups in total. The van der Waals surface area contributed by atoms with Gasteiger partial charge in [-0.3, -0.25) is 0 Å². The first kappa shape index (κ1) is 10.4. The Morgan fingerprint density at radius 1 is 1.20 bits per heavy atom. The highest BCUT2D eigenvalue weighted by atomic mass is 79.9. The Balaban J connectivity index is 2.43. The van der Waals surface area contributed by atoms with Crippen molar-refractivity contribution < 1.29 is 4.52 Å². The van der Waals surface area contributed by atoms with Crippen LogP contribution < -0.4 is 0 Å². The van der Waals surface area contributed by atoms with E-state index in [1.165, 1.54) is 0 Å². The molecule has 78 valence electrons. The predicted molar refractivity (Wildman–Crippen MR) is 60.6 cm³/mol. The van der Waals surface area contributed by atoms with Gasteiger partial charge in [0, 0.05) is 0 Å². The van der Waals surface area contributed by atoms with E-state index in [2.05, 4.69) is 52.1 Å². The number of aromatic nitrogens is 2. The SMILES string of the molecule is CC(C)(c1ccccc1)c1nc(Br)no1. The molecule has 2 aromatic rings. The molecule has 0 spiro atoms. The second-order valence-corrected chi connectivity index (χ2v) is 4.57. The molecule has 1 heterocycles. The van der Waals surface area contributed by atoms with Gasteiger partial charge in [-0.25, -0.2) is 0 Å². The van der Waals surface area contributed by atoms with Crippen LogP contribution in [0, 0.1) is 0 Å². The van der Waals surface area contributed by atoms with Gasteiger partial charge < -0.3 is 4.52 Å². The standard InChI is InChI=1S/C11H11BrN2O/c1-11(2,8-6-4-3-5-7-8)9-13-10(12)14-15-9/h3-7H,1-2H3. The number of halogens is 1. The minimum Gasteiger partial charge on any atom is -0.337 e. The molecule has 0 atom stereocenters. The zero-order chi connectivity index (χ0) is 10.9. The number of hydrogen-bond donors (Lipinski definition) is 0. The van der Waals surface area contributed by atoms with E-state index in [9.17, 15) is 0 Å². The topological polar surface area (TPSA) is 38.9 Å². The van der Waals surface area contributed by atoms with Gasteiger partial charge in [0.05, 0.1) is 5.41 Å². The first-order chi connectivity index (χ1) is 7.10. The molecule has 1 aromatic carbocycles. The van der Waals surface area contributed by atoms with Crippen LogP contribution >= 0.6 is 15.9 Å². The molecule has 0 saturated carbocycles. The highest BCUT2D eigenvalue weighted by Gasteiger charge is 2.29. The fourth-order valence-corrected chi connectivity index (χ4v) is 1.67. The van der Waals surface area contributed by atoms with E-state index >= 15 is 0 Å². The average Bonchev–Trinajstić information content (AvgIpc) is 2.67. The summed E-state index contributed by atoms with van der Waals surface area (Å²) < 4.78 is 5.66. The third-order valence-corrected chi connectivity index (χ3v) is 2.75. The van der Waals surface area contributed by atoms with Crippen molar-refractivity contribution in [1.82, 2.24) is 10.1 Å². The molecule has 0 saturated heterocycles. The monoisotopic (exact) mass is 266 g/mol. The summed E-state index contributed by atoms with van der Waals surface area (Å²) in [5.41, 5.74) is 0.890. The van der Waals surface area contributed by atoms with Gasteiger partial charge in [-0.05, 0) is 40.5 Å². The molecule has 0 aliphatic rings. The quantitative estimate of drug-likeness (QED) is 0.838. The maximum Gasteiger partial charge on any atom is 0.238 e. The Labute approximate surface area is 96.6 Å². The smallest absolute Gasteiger partial charge is 0.238 e. The molecular formula is C11H11BrN2O. The lowest BCUT2D eigenvalue weighted by Gasteiger charge is -2.19. The second kappa shape index (κ2) is 3.77. The summed E-state index contributed by atoms with van der Waals surface area (Å²) in [5, 5.41) is 3.74. The zero-order valence-electron chi connectivity index (χ0n) is 8.57. The second-order valence-electron chi connectivity index (χ2n) is 3.86. The maximum atomic E-state index is 5.18. The lowest BCUT2D eigenvalue weighted by Crippen LogP contribution is -2.19. The fourth-order valence-electron chi connectivity index (χ4n) is 1.44. The Morgan fingerprint density at radius 2 is 1.87 bits per heavy atom. The van der Waals surface area contributed by atoms with Crippen LogP contribution in [-0.2, 0) is 5.41 Å². The van der Waals surface area contributed by atoms with E-state index in [1.807, 2.05) is 18.2 Å². The summed E-state index contributed by atoms with van der Waals surface area (Å²) in [6.07, 6.45) is 0. The van der Waals surface area contributed by atoms with Gasteiger partial charge in [0.1, 0.15) is 0 Å². The van der Waals surface area contributed by atoms with Crippen LogP contribution in [0.25, 0.3) is 0 Å². The number of benzene rings is 1. The Morgan fingerprint density at radius 3 is 2.40 bits per heavy atom. The van der Waals surface area contributed by atoms with Crippen molar-refractivity contribution in [3.8, 4) is 0 Å². The van der Waals surface area contributed by atoms with Gasteiger partial charge in [-0.1, -0.05) is 30.3 Å². The van der Waals surface area contributed by atoms with Crippen LogP contribution in [-0.4, -0.2) is 10.1 Å². The van der Waals surface area contributed by atoms with E-state index in [1.54, 1.807) is 0 Å². The van der Waals surface area contributed by atoms with Gasteiger partial charge in [0.2, 0.25) is 10.6 Å². The van der Waals surface area contributed by atoms with Gasteiger partial charge >= 0.3 is 0 Å². The van der Waals surface area contributed by atoms with Crippen molar-refractivity contribution in [3.63, 3.8) is 0 Å². The highest BCUT2D eigenvalue weighted by molar-refractivity contribution is 9.10. The van der Waals surface area contributed by atoms with Gasteiger partial charge in [0.25, 0.3) is 0 Å². The molecule has 0 aliphatic heterocycles. The Kier molecular flexibility index (Phi) is 2.61. The first-order valence-corrected chi connectivity index (χ1v) is 5.45. The van der Waals surface area contributed by atoms with E-state index in [4.69, 9.17) is 4.52 Å². The molecule has 0 aliphatic carbocycles. The summed E-state index contributed by atoms with van der Waals surface area (Å²) in [6.45, 7) is 4.12. The molecule has 0 radical (unpaired) electrons. The van der Waals surface area contributed by atoms with Crippen molar-refractivity contribution in [3.05, 3.63) is 46.5 Å². The molecule has 15 heavy (non-hydrogen) atoms. The number of rotatable bonds is 2. The van der Waals surface area contributed by atoms with Crippen LogP contribution in [0.3, 0.4) is 0 Å². The summed E-state index contributed by atoms with van der Waals surface area (Å²) in [7, 11) is 0. The summed E-state index contributed by atoms with van der Waals surface area (Å²) in [5.74, 6) is 0.612. The largest absolute Gasteiger partial charge is 0.337 e. The van der Waals surface area contributed by atoms with Crippen molar-refractivity contribution >= 4 is 15.9 Å². The third kappa shape index (κ3) is 1.95. The van der Waals surface area contributed by atoms with Crippen molar-refractivity contribution in [2.45, 2.75) is 19.3 Å². The van der Waals surface area contributed by atoms with Crippen LogP contribution in [0.5, 0.6) is 0 Å². The number of hydrogen-bond acceptors (Lipinski definition) is 3. The lowest BCUT2D eigenvalue weighted by molar-refractivity contribution is 0.330. The van der Waals surface area contributed by atoms with Gasteiger partial charge in [-0.2, -0.15) is 4.98 Å². The molecule has 4 heteroatoms. The average molecular weight is 267 g/mol. The first-order valence-electron chi connectivity index (χ1n) is 4.66. The Hall–Kier alpha value is -1.16. The molecule has 0 unspecified atom stereocenters. The minimum absolute atomic E-state index is 0.264. The zero-order valence-corrected chi connectivity index (χ0v) is 10.2. The fraction of sp³-hybridized carbons (Fsp3) is 0.273. The normalized spacial score (nSPS) is 11.7. The minimum atomic E-state index is -0.264. The van der Waals surface area contributed by atoms with Crippen molar-refractivity contribution in [1.29, 1.82) is 0 Å². The van der Waals surface area contributed by atoms with Crippen LogP contribution in [0.1, 0.15) is 25.3 Å². The maximum absolute atomic E-state index is 5.18. The Bertz CT molecular complexity index is 451. The van der Waals surface area contributed by atoms with Crippen LogP contribution in [0.15, 0.2) is 39.6 Å². The van der Waals surface area contributed by atoms with E-state index in [0.29, 0.717) is 10.6 Å². The molecule has 0 fully saturated rings. The summed E-state index contributed by atoms with van der Waals surface area (Å²) in [6, 6.07) is 10.1. The van der Waals surface area contributed by atoms with Crippen LogP contribution in [0.4, 0.5) is 0 Å². The van der Waals surface area contributed by atoms with E-state index in [-0.39, 0.29) is 5.41 Å². The molecule has 1 aromatic heterocycles. The summed E-state index contributed by atoms with van der Waals surface area (Å²) >= 11 is 3.18. The van der Waals surface area contributed by atoms with Crippen molar-refractivity contribution in [2.24, 2.45) is 0 Å². The number of nitrogens with zero attached hydrogens (tertiary/aromatic N) is 2. The molecule has 0 amide bonds. The lowest BCUT2D eigenvalue weighted by atomic mass is 9.85. The highest BCUT2D eigenvalue weighted by Crippen LogP contribution is 2.30. The molecule has 2 rings (SSSR count). The van der Waals surface area contributed by atoms with E-state index in [0.717, 1.165) is 5.56 Å². The summed E-state index contributed by atoms with van der Waals surface area (Å²) in [4.78, 5) is 4.20. The van der Waals surface area contributed by atoms with Gasteiger partial charge in [-0.15, -0.1) is 0 Å². The predicted octanol–water partition coefficient (Wildman–Crippen LogP) is 3.16. The van der Waals surface area contributed by atoms with Crippen molar-refractivity contribution in [2.75, 3.05) is 0 Å². The molecular weight excluding hydrogens is 256 g/mol. The third-order valence-electron chi connectivity index (χ3n) is 2.43. The van der Waals surface area contributed by atoms with Crippen LogP contribution in [0.2, 0.25) is 0 Å². The molecule has 0 bridgehead atoms. The van der Waals surface area contributed by atoms with E-state index < -0.39 is 0 Å². The van der Waals surface area contributed by atoms with Gasteiger partial charge in [0.15, 0.2) is 0 Å².